The Kier molecular flexibility index (Phi) is 5.03. The van der Waals surface area contributed by atoms with Crippen LogP contribution in [0.15, 0.2) is 36.4 Å². The Morgan fingerprint density at radius 1 is 1.07 bits per heavy atom. The predicted octanol–water partition coefficient (Wildman–Crippen LogP) is 3.63. The van der Waals surface area contributed by atoms with Gasteiger partial charge in [-0.25, -0.2) is 4.79 Å². The average molecular weight is 382 g/mol. The maximum atomic E-state index is 13.0. The summed E-state index contributed by atoms with van der Waals surface area (Å²) in [6, 6.07) is 11.0. The Morgan fingerprint density at radius 3 is 2.64 bits per heavy atom. The van der Waals surface area contributed by atoms with Crippen LogP contribution in [0.3, 0.4) is 0 Å². The number of benzene rings is 2. The van der Waals surface area contributed by atoms with Gasteiger partial charge in [-0.05, 0) is 53.3 Å². The third-order valence-corrected chi connectivity index (χ3v) is 5.36. The maximum absolute atomic E-state index is 13.0. The van der Waals surface area contributed by atoms with Crippen molar-refractivity contribution < 1.29 is 19.4 Å². The van der Waals surface area contributed by atoms with Gasteiger partial charge in [0.05, 0.1) is 6.04 Å². The number of hydrogen-bond acceptors (Lipinski definition) is 4. The quantitative estimate of drug-likeness (QED) is 0.850. The van der Waals surface area contributed by atoms with Gasteiger partial charge in [0.2, 0.25) is 0 Å². The minimum Gasteiger partial charge on any atom is -0.508 e. The second-order valence-corrected chi connectivity index (χ2v) is 7.70. The molecule has 0 saturated carbocycles. The van der Waals surface area contributed by atoms with Crippen LogP contribution in [0.4, 0.5) is 4.79 Å². The van der Waals surface area contributed by atoms with E-state index < -0.39 is 0 Å². The molecule has 0 radical (unpaired) electrons. The first-order valence-electron chi connectivity index (χ1n) is 9.77. The van der Waals surface area contributed by atoms with Gasteiger partial charge >= 0.3 is 6.03 Å². The van der Waals surface area contributed by atoms with E-state index in [2.05, 4.69) is 19.2 Å². The average Bonchev–Trinajstić information content (AvgIpc) is 2.70. The van der Waals surface area contributed by atoms with Gasteiger partial charge in [-0.2, -0.15) is 0 Å². The van der Waals surface area contributed by atoms with Gasteiger partial charge in [-0.1, -0.05) is 26.0 Å². The van der Waals surface area contributed by atoms with Gasteiger partial charge in [-0.15, -0.1) is 0 Å². The van der Waals surface area contributed by atoms with Crippen molar-refractivity contribution in [1.29, 1.82) is 0 Å². The fraction of sp³-hybridized carbons (Fsp3) is 0.409. The van der Waals surface area contributed by atoms with Gasteiger partial charge in [0, 0.05) is 13.1 Å². The monoisotopic (exact) mass is 382 g/mol. The van der Waals surface area contributed by atoms with Crippen LogP contribution in [0.25, 0.3) is 0 Å². The molecule has 2 aliphatic heterocycles. The van der Waals surface area contributed by atoms with Gasteiger partial charge in [-0.3, -0.25) is 0 Å². The molecule has 6 heteroatoms. The Bertz CT molecular complexity index is 881. The van der Waals surface area contributed by atoms with Crippen LogP contribution in [-0.4, -0.2) is 35.8 Å². The minimum absolute atomic E-state index is 0.0948. The lowest BCUT2D eigenvalue weighted by atomic mass is 9.95. The Labute approximate surface area is 165 Å². The number of carbonyl (C=O) groups excluding carboxylic acids is 1. The Hall–Kier alpha value is -2.89. The second kappa shape index (κ2) is 7.62. The highest BCUT2D eigenvalue weighted by molar-refractivity contribution is 5.75. The number of ether oxygens (including phenoxy) is 2. The van der Waals surface area contributed by atoms with E-state index in [1.807, 2.05) is 24.3 Å². The van der Waals surface area contributed by atoms with Crippen molar-refractivity contribution in [3.05, 3.63) is 53.1 Å². The highest BCUT2D eigenvalue weighted by atomic mass is 16.6. The topological polar surface area (TPSA) is 71.0 Å². The number of amides is 2. The largest absolute Gasteiger partial charge is 0.508 e. The van der Waals surface area contributed by atoms with Crippen LogP contribution in [0, 0.1) is 5.92 Å². The van der Waals surface area contributed by atoms with Crippen molar-refractivity contribution >= 4 is 6.03 Å². The number of nitrogens with one attached hydrogen (secondary N) is 1. The van der Waals surface area contributed by atoms with Crippen molar-refractivity contribution in [2.75, 3.05) is 19.8 Å². The highest BCUT2D eigenvalue weighted by Gasteiger charge is 2.26. The molecule has 2 heterocycles. The van der Waals surface area contributed by atoms with E-state index in [1.165, 1.54) is 5.56 Å². The van der Waals surface area contributed by atoms with Crippen LogP contribution in [0.5, 0.6) is 17.2 Å². The SMILES string of the molecule is CC(C)[C@H](NC(=O)N1CCc2ccc(O)cc2C1)c1ccc2c(c1)OCCO2. The summed E-state index contributed by atoms with van der Waals surface area (Å²) in [5, 5.41) is 12.9. The van der Waals surface area contributed by atoms with Crippen molar-refractivity contribution in [3.8, 4) is 17.2 Å². The first-order valence-corrected chi connectivity index (χ1v) is 9.77. The van der Waals surface area contributed by atoms with Crippen molar-refractivity contribution in [3.63, 3.8) is 0 Å². The fourth-order valence-corrected chi connectivity index (χ4v) is 3.83. The van der Waals surface area contributed by atoms with E-state index in [1.54, 1.807) is 17.0 Å². The minimum atomic E-state index is -0.131. The molecule has 28 heavy (non-hydrogen) atoms. The van der Waals surface area contributed by atoms with E-state index in [9.17, 15) is 9.90 Å². The zero-order chi connectivity index (χ0) is 19.7. The molecule has 0 unspecified atom stereocenters. The molecule has 148 valence electrons. The molecule has 2 aliphatic rings. The number of aromatic hydroxyl groups is 1. The van der Waals surface area contributed by atoms with Crippen LogP contribution in [-0.2, 0) is 13.0 Å². The highest BCUT2D eigenvalue weighted by Crippen LogP contribution is 2.34. The number of carbonyl (C=O) groups is 1. The van der Waals surface area contributed by atoms with E-state index in [0.29, 0.717) is 26.3 Å². The van der Waals surface area contributed by atoms with Gasteiger partial charge in [0.25, 0.3) is 0 Å². The zero-order valence-electron chi connectivity index (χ0n) is 16.3. The normalized spacial score (nSPS) is 16.5. The molecular formula is C22H26N2O4. The van der Waals surface area contributed by atoms with E-state index in [0.717, 1.165) is 29.0 Å². The smallest absolute Gasteiger partial charge is 0.318 e. The molecule has 2 amide bonds. The standard InChI is InChI=1S/C22H26N2O4/c1-14(2)21(16-4-6-19-20(12-16)28-10-9-27-19)23-22(26)24-8-7-15-3-5-18(25)11-17(15)13-24/h3-6,11-12,14,21,25H,7-10,13H2,1-2H3,(H,23,26)/t21-/m0/s1. The lowest BCUT2D eigenvalue weighted by molar-refractivity contribution is 0.170. The second-order valence-electron chi connectivity index (χ2n) is 7.70. The van der Waals surface area contributed by atoms with Gasteiger partial charge in [0.1, 0.15) is 19.0 Å². The number of phenolic OH excluding ortho intramolecular Hbond substituents is 1. The molecule has 0 fully saturated rings. The Morgan fingerprint density at radius 2 is 1.86 bits per heavy atom. The van der Waals surface area contributed by atoms with Crippen LogP contribution in [0.1, 0.15) is 36.6 Å². The zero-order valence-corrected chi connectivity index (χ0v) is 16.3. The number of hydrogen-bond donors (Lipinski definition) is 2. The number of urea groups is 1. The number of nitrogens with zero attached hydrogens (tertiary/aromatic N) is 1. The molecule has 2 aromatic rings. The Balaban J connectivity index is 1.50. The first kappa shape index (κ1) is 18.5. The molecule has 0 saturated heterocycles. The van der Waals surface area contributed by atoms with Gasteiger partial charge < -0.3 is 24.8 Å². The molecule has 4 rings (SSSR count). The molecule has 0 bridgehead atoms. The summed E-state index contributed by atoms with van der Waals surface area (Å²) in [7, 11) is 0. The summed E-state index contributed by atoms with van der Waals surface area (Å²) in [5.74, 6) is 1.92. The molecule has 6 nitrogen and oxygen atoms in total. The van der Waals surface area contributed by atoms with Crippen molar-refractivity contribution in [2.45, 2.75) is 32.9 Å². The fourth-order valence-electron chi connectivity index (χ4n) is 3.83. The van der Waals surface area contributed by atoms with Crippen molar-refractivity contribution in [2.24, 2.45) is 5.92 Å². The number of phenols is 1. The summed E-state index contributed by atoms with van der Waals surface area (Å²) in [6.07, 6.45) is 0.791. The summed E-state index contributed by atoms with van der Waals surface area (Å²) < 4.78 is 11.3. The summed E-state index contributed by atoms with van der Waals surface area (Å²) >= 11 is 0. The summed E-state index contributed by atoms with van der Waals surface area (Å²) in [4.78, 5) is 14.8. The number of fused-ring (bicyclic) bond motifs is 2. The van der Waals surface area contributed by atoms with E-state index >= 15 is 0 Å². The van der Waals surface area contributed by atoms with Crippen LogP contribution >= 0.6 is 0 Å². The van der Waals surface area contributed by atoms with E-state index in [-0.39, 0.29) is 23.7 Å². The first-order chi connectivity index (χ1) is 13.5. The van der Waals surface area contributed by atoms with E-state index in [4.69, 9.17) is 9.47 Å². The molecule has 0 aliphatic carbocycles. The molecule has 0 aromatic heterocycles. The molecular weight excluding hydrogens is 356 g/mol. The third-order valence-electron chi connectivity index (χ3n) is 5.36. The molecule has 2 N–H and O–H groups in total. The van der Waals surface area contributed by atoms with Crippen LogP contribution < -0.4 is 14.8 Å². The van der Waals surface area contributed by atoms with Crippen molar-refractivity contribution in [1.82, 2.24) is 10.2 Å². The maximum Gasteiger partial charge on any atom is 0.318 e. The van der Waals surface area contributed by atoms with Crippen LogP contribution in [0.2, 0.25) is 0 Å². The number of rotatable bonds is 3. The van der Waals surface area contributed by atoms with Gasteiger partial charge in [0.15, 0.2) is 11.5 Å². The predicted molar refractivity (Wildman–Crippen MR) is 106 cm³/mol. The molecule has 1 atom stereocenters. The third kappa shape index (κ3) is 3.72. The lowest BCUT2D eigenvalue weighted by Gasteiger charge is -2.32. The summed E-state index contributed by atoms with van der Waals surface area (Å²) in [5.41, 5.74) is 3.19. The lowest BCUT2D eigenvalue weighted by Crippen LogP contribution is -2.45. The summed E-state index contributed by atoms with van der Waals surface area (Å²) in [6.45, 7) is 6.44. The molecule has 2 aromatic carbocycles. The molecule has 0 spiro atoms.